The number of carbonyl (C=O) groups is 1. The first kappa shape index (κ1) is 15.5. The quantitative estimate of drug-likeness (QED) is 0.787. The number of nitrogens with one attached hydrogen (secondary N) is 1. The fourth-order valence-corrected chi connectivity index (χ4v) is 1.94. The third-order valence-electron chi connectivity index (χ3n) is 3.15. The normalized spacial score (nSPS) is 10.1. The van der Waals surface area contributed by atoms with E-state index in [1.165, 1.54) is 32.4 Å². The van der Waals surface area contributed by atoms with Crippen molar-refractivity contribution in [3.05, 3.63) is 47.5 Å². The average Bonchev–Trinajstić information content (AvgIpc) is 2.53. The molecule has 0 saturated carbocycles. The summed E-state index contributed by atoms with van der Waals surface area (Å²) in [6, 6.07) is 9.25. The van der Waals surface area contributed by atoms with Crippen molar-refractivity contribution >= 4 is 5.91 Å². The van der Waals surface area contributed by atoms with Gasteiger partial charge in [0.05, 0.1) is 19.8 Å². The van der Waals surface area contributed by atoms with Crippen molar-refractivity contribution in [1.29, 1.82) is 0 Å². The molecule has 116 valence electrons. The lowest BCUT2D eigenvalue weighted by Crippen LogP contribution is -2.22. The first-order chi connectivity index (χ1) is 10.5. The molecule has 0 bridgehead atoms. The molecular formula is C16H17NO5. The number of carbonyl (C=O) groups excluding carboxylic acids is 1. The minimum absolute atomic E-state index is 0.0328. The Bertz CT molecular complexity index is 684. The molecule has 0 spiro atoms. The molecule has 0 unspecified atom stereocenters. The van der Waals surface area contributed by atoms with Gasteiger partial charge >= 0.3 is 0 Å². The maximum Gasteiger partial charge on any atom is 0.255 e. The standard InChI is InChI=1S/C16H17NO5/c1-21-11-4-5-12(14(19)8-11)16(20)17-9-10-3-6-13(18)15(7-10)22-2/h3-8,18-19H,9H2,1-2H3,(H,17,20). The van der Waals surface area contributed by atoms with E-state index in [0.717, 1.165) is 5.56 Å². The lowest BCUT2D eigenvalue weighted by atomic mass is 10.1. The van der Waals surface area contributed by atoms with E-state index < -0.39 is 5.91 Å². The molecule has 0 atom stereocenters. The average molecular weight is 303 g/mol. The molecule has 2 aromatic rings. The maximum absolute atomic E-state index is 12.1. The smallest absolute Gasteiger partial charge is 0.255 e. The molecular weight excluding hydrogens is 286 g/mol. The Labute approximate surface area is 127 Å². The van der Waals surface area contributed by atoms with Crippen LogP contribution in [0.15, 0.2) is 36.4 Å². The number of rotatable bonds is 5. The number of hydrogen-bond acceptors (Lipinski definition) is 5. The molecule has 1 amide bonds. The van der Waals surface area contributed by atoms with Crippen molar-refractivity contribution in [1.82, 2.24) is 5.32 Å². The number of amides is 1. The van der Waals surface area contributed by atoms with Gasteiger partial charge in [-0.15, -0.1) is 0 Å². The summed E-state index contributed by atoms with van der Waals surface area (Å²) in [5.74, 6) is 0.272. The van der Waals surface area contributed by atoms with Crippen LogP contribution >= 0.6 is 0 Å². The van der Waals surface area contributed by atoms with Gasteiger partial charge in [-0.1, -0.05) is 6.07 Å². The van der Waals surface area contributed by atoms with Gasteiger partial charge in [-0.2, -0.15) is 0 Å². The first-order valence-electron chi connectivity index (χ1n) is 6.56. The van der Waals surface area contributed by atoms with E-state index in [4.69, 9.17) is 9.47 Å². The topological polar surface area (TPSA) is 88.0 Å². The Balaban J connectivity index is 2.07. The molecule has 22 heavy (non-hydrogen) atoms. The molecule has 2 aromatic carbocycles. The van der Waals surface area contributed by atoms with Gasteiger partial charge in [-0.3, -0.25) is 4.79 Å². The van der Waals surface area contributed by atoms with E-state index in [1.54, 1.807) is 18.2 Å². The first-order valence-corrected chi connectivity index (χ1v) is 6.56. The zero-order chi connectivity index (χ0) is 16.1. The number of benzene rings is 2. The van der Waals surface area contributed by atoms with Crippen molar-refractivity contribution in [3.8, 4) is 23.0 Å². The number of methoxy groups -OCH3 is 2. The Hall–Kier alpha value is -2.89. The fraction of sp³-hybridized carbons (Fsp3) is 0.188. The molecule has 0 saturated heterocycles. The number of phenols is 2. The zero-order valence-electron chi connectivity index (χ0n) is 12.3. The number of aromatic hydroxyl groups is 2. The molecule has 6 heteroatoms. The molecule has 0 aliphatic heterocycles. The Morgan fingerprint density at radius 2 is 1.82 bits per heavy atom. The summed E-state index contributed by atoms with van der Waals surface area (Å²) in [5, 5.41) is 22.0. The van der Waals surface area contributed by atoms with Gasteiger partial charge in [0.1, 0.15) is 11.5 Å². The van der Waals surface area contributed by atoms with Crippen LogP contribution in [0.1, 0.15) is 15.9 Å². The fourth-order valence-electron chi connectivity index (χ4n) is 1.94. The second kappa shape index (κ2) is 6.71. The van der Waals surface area contributed by atoms with Crippen LogP contribution in [0.2, 0.25) is 0 Å². The molecule has 2 rings (SSSR count). The van der Waals surface area contributed by atoms with Crippen LogP contribution in [0, 0.1) is 0 Å². The molecule has 6 nitrogen and oxygen atoms in total. The summed E-state index contributed by atoms with van der Waals surface area (Å²) in [6.07, 6.45) is 0. The summed E-state index contributed by atoms with van der Waals surface area (Å²) in [7, 11) is 2.93. The summed E-state index contributed by atoms with van der Waals surface area (Å²) >= 11 is 0. The highest BCUT2D eigenvalue weighted by atomic mass is 16.5. The summed E-state index contributed by atoms with van der Waals surface area (Å²) in [4.78, 5) is 12.1. The molecule has 0 aliphatic rings. The number of phenolic OH excluding ortho intramolecular Hbond substituents is 2. The van der Waals surface area contributed by atoms with Gasteiger partial charge in [0, 0.05) is 12.6 Å². The molecule has 0 aliphatic carbocycles. The molecule has 0 fully saturated rings. The van der Waals surface area contributed by atoms with Crippen LogP contribution in [0.25, 0.3) is 0 Å². The van der Waals surface area contributed by atoms with Crippen molar-refractivity contribution in [2.75, 3.05) is 14.2 Å². The Morgan fingerprint density at radius 3 is 2.45 bits per heavy atom. The zero-order valence-corrected chi connectivity index (χ0v) is 12.3. The van der Waals surface area contributed by atoms with Crippen LogP contribution in [0.4, 0.5) is 0 Å². The van der Waals surface area contributed by atoms with Gasteiger partial charge in [0.15, 0.2) is 11.5 Å². The highest BCUT2D eigenvalue weighted by molar-refractivity contribution is 5.96. The third kappa shape index (κ3) is 3.41. The largest absolute Gasteiger partial charge is 0.507 e. The summed E-state index contributed by atoms with van der Waals surface area (Å²) < 4.78 is 9.97. The minimum atomic E-state index is -0.410. The SMILES string of the molecule is COc1ccc(C(=O)NCc2ccc(O)c(OC)c2)c(O)c1. The Kier molecular flexibility index (Phi) is 4.73. The van der Waals surface area contributed by atoms with Crippen LogP contribution in [0.5, 0.6) is 23.0 Å². The van der Waals surface area contributed by atoms with Gasteiger partial charge in [-0.25, -0.2) is 0 Å². The Morgan fingerprint density at radius 1 is 1.05 bits per heavy atom. The number of hydrogen-bond donors (Lipinski definition) is 3. The van der Waals surface area contributed by atoms with Gasteiger partial charge in [-0.05, 0) is 29.8 Å². The van der Waals surface area contributed by atoms with Crippen LogP contribution < -0.4 is 14.8 Å². The van der Waals surface area contributed by atoms with Gasteiger partial charge in [0.25, 0.3) is 5.91 Å². The molecule has 0 aromatic heterocycles. The summed E-state index contributed by atoms with van der Waals surface area (Å²) in [6.45, 7) is 0.237. The highest BCUT2D eigenvalue weighted by Gasteiger charge is 2.12. The van der Waals surface area contributed by atoms with Crippen molar-refractivity contribution in [2.45, 2.75) is 6.54 Å². The third-order valence-corrected chi connectivity index (χ3v) is 3.15. The minimum Gasteiger partial charge on any atom is -0.507 e. The predicted octanol–water partition coefficient (Wildman–Crippen LogP) is 2.04. The lowest BCUT2D eigenvalue weighted by molar-refractivity contribution is 0.0948. The highest BCUT2D eigenvalue weighted by Crippen LogP contribution is 2.26. The van der Waals surface area contributed by atoms with Gasteiger partial charge < -0.3 is 25.0 Å². The molecule has 3 N–H and O–H groups in total. The van der Waals surface area contributed by atoms with E-state index in [2.05, 4.69) is 5.32 Å². The van der Waals surface area contributed by atoms with E-state index in [1.807, 2.05) is 0 Å². The predicted molar refractivity (Wildman–Crippen MR) is 80.5 cm³/mol. The van der Waals surface area contributed by atoms with E-state index in [9.17, 15) is 15.0 Å². The molecule has 0 heterocycles. The van der Waals surface area contributed by atoms with Gasteiger partial charge in [0.2, 0.25) is 0 Å². The number of ether oxygens (including phenoxy) is 2. The van der Waals surface area contributed by atoms with E-state index in [0.29, 0.717) is 11.5 Å². The van der Waals surface area contributed by atoms with Crippen LogP contribution in [0.3, 0.4) is 0 Å². The van der Waals surface area contributed by atoms with Crippen LogP contribution in [-0.4, -0.2) is 30.3 Å². The van der Waals surface area contributed by atoms with Crippen LogP contribution in [-0.2, 0) is 6.54 Å². The van der Waals surface area contributed by atoms with Crippen molar-refractivity contribution in [2.24, 2.45) is 0 Å². The lowest BCUT2D eigenvalue weighted by Gasteiger charge is -2.10. The van der Waals surface area contributed by atoms with E-state index >= 15 is 0 Å². The monoisotopic (exact) mass is 303 g/mol. The second-order valence-corrected chi connectivity index (χ2v) is 4.57. The van der Waals surface area contributed by atoms with Crippen molar-refractivity contribution in [3.63, 3.8) is 0 Å². The maximum atomic E-state index is 12.1. The summed E-state index contributed by atoms with van der Waals surface area (Å²) in [5.41, 5.74) is 0.919. The van der Waals surface area contributed by atoms with Crippen molar-refractivity contribution < 1.29 is 24.5 Å². The molecule has 0 radical (unpaired) electrons. The van der Waals surface area contributed by atoms with E-state index in [-0.39, 0.29) is 23.6 Å². The second-order valence-electron chi connectivity index (χ2n) is 4.57.